The van der Waals surface area contributed by atoms with Crippen LogP contribution in [0.15, 0.2) is 35.9 Å². The molecule has 0 aliphatic heterocycles. The van der Waals surface area contributed by atoms with Crippen LogP contribution < -0.4 is 10.1 Å². The van der Waals surface area contributed by atoms with E-state index in [1.807, 2.05) is 0 Å². The average Bonchev–Trinajstić information content (AvgIpc) is 2.27. The van der Waals surface area contributed by atoms with Crippen LogP contribution in [-0.4, -0.2) is 12.5 Å². The molecule has 5 heteroatoms. The Bertz CT molecular complexity index is 468. The van der Waals surface area contributed by atoms with E-state index in [0.29, 0.717) is 5.56 Å². The minimum Gasteiger partial charge on any atom is -0.434 e. The Morgan fingerprint density at radius 1 is 1.32 bits per heavy atom. The lowest BCUT2D eigenvalue weighted by Gasteiger charge is -2.17. The van der Waals surface area contributed by atoms with Gasteiger partial charge >= 0.3 is 6.61 Å². The smallest absolute Gasteiger partial charge is 0.387 e. The molecule has 1 aromatic rings. The van der Waals surface area contributed by atoms with Gasteiger partial charge in [0.2, 0.25) is 5.91 Å². The third kappa shape index (κ3) is 5.07. The molecule has 1 unspecified atom stereocenters. The minimum atomic E-state index is -2.89. The van der Waals surface area contributed by atoms with Gasteiger partial charge < -0.3 is 10.1 Å². The van der Waals surface area contributed by atoms with Crippen LogP contribution >= 0.6 is 0 Å². The number of rotatable bonds is 5. The second kappa shape index (κ2) is 6.87. The van der Waals surface area contributed by atoms with E-state index in [2.05, 4.69) is 10.1 Å². The Labute approximate surface area is 111 Å². The minimum absolute atomic E-state index is 0.0718. The monoisotopic (exact) mass is 269 g/mol. The van der Waals surface area contributed by atoms with Gasteiger partial charge in [0, 0.05) is 11.6 Å². The fraction of sp³-hybridized carbons (Fsp3) is 0.357. The summed E-state index contributed by atoms with van der Waals surface area (Å²) in [7, 11) is 0. The van der Waals surface area contributed by atoms with Crippen molar-refractivity contribution in [1.82, 2.24) is 5.32 Å². The number of carbonyl (C=O) groups is 1. The summed E-state index contributed by atoms with van der Waals surface area (Å²) in [6.45, 7) is 2.43. The van der Waals surface area contributed by atoms with Crippen molar-refractivity contribution in [3.05, 3.63) is 41.5 Å². The third-order valence-corrected chi connectivity index (χ3v) is 2.38. The van der Waals surface area contributed by atoms with Crippen molar-refractivity contribution in [2.24, 2.45) is 0 Å². The predicted molar refractivity (Wildman–Crippen MR) is 69.1 cm³/mol. The van der Waals surface area contributed by atoms with Gasteiger partial charge in [-0.2, -0.15) is 8.78 Å². The van der Waals surface area contributed by atoms with Crippen molar-refractivity contribution in [1.29, 1.82) is 0 Å². The van der Waals surface area contributed by atoms with E-state index in [1.54, 1.807) is 39.0 Å². The first-order valence-corrected chi connectivity index (χ1v) is 5.89. The number of carbonyl (C=O) groups excluding carboxylic acids is 1. The van der Waals surface area contributed by atoms with Crippen molar-refractivity contribution in [2.75, 3.05) is 0 Å². The first-order chi connectivity index (χ1) is 8.90. The van der Waals surface area contributed by atoms with Gasteiger partial charge in [-0.15, -0.1) is 0 Å². The molecule has 1 atom stereocenters. The second-order valence-electron chi connectivity index (χ2n) is 4.37. The molecule has 1 rings (SSSR count). The molecule has 3 nitrogen and oxygen atoms in total. The molecule has 0 saturated heterocycles. The van der Waals surface area contributed by atoms with Crippen LogP contribution in [0.1, 0.15) is 32.4 Å². The van der Waals surface area contributed by atoms with Crippen LogP contribution in [-0.2, 0) is 4.79 Å². The molecule has 0 fully saturated rings. The van der Waals surface area contributed by atoms with Gasteiger partial charge in [0.15, 0.2) is 0 Å². The van der Waals surface area contributed by atoms with Crippen LogP contribution in [0.4, 0.5) is 8.78 Å². The first-order valence-electron chi connectivity index (χ1n) is 5.89. The Morgan fingerprint density at radius 2 is 1.95 bits per heavy atom. The summed E-state index contributed by atoms with van der Waals surface area (Å²) in [5.74, 6) is -0.193. The quantitative estimate of drug-likeness (QED) is 0.832. The largest absolute Gasteiger partial charge is 0.434 e. The number of hydrogen-bond donors (Lipinski definition) is 1. The molecule has 0 aliphatic rings. The summed E-state index contributed by atoms with van der Waals surface area (Å²) in [6.07, 6.45) is 1.45. The van der Waals surface area contributed by atoms with Gasteiger partial charge in [-0.05, 0) is 26.8 Å². The number of allylic oxidation sites excluding steroid dienone is 1. The SMILES string of the molecule is CC(C)=CC(=O)NC(C)c1ccccc1OC(F)F. The summed E-state index contributed by atoms with van der Waals surface area (Å²) in [6, 6.07) is 5.98. The zero-order valence-corrected chi connectivity index (χ0v) is 11.1. The normalized spacial score (nSPS) is 11.9. The number of amides is 1. The van der Waals surface area contributed by atoms with Crippen molar-refractivity contribution < 1.29 is 18.3 Å². The second-order valence-corrected chi connectivity index (χ2v) is 4.37. The molecule has 0 bridgehead atoms. The number of hydrogen-bond acceptors (Lipinski definition) is 2. The molecule has 1 amide bonds. The highest BCUT2D eigenvalue weighted by Gasteiger charge is 2.15. The van der Waals surface area contributed by atoms with E-state index < -0.39 is 12.7 Å². The van der Waals surface area contributed by atoms with E-state index >= 15 is 0 Å². The Balaban J connectivity index is 2.84. The number of halogens is 2. The maximum Gasteiger partial charge on any atom is 0.387 e. The summed E-state index contributed by atoms with van der Waals surface area (Å²) in [4.78, 5) is 11.6. The molecular weight excluding hydrogens is 252 g/mol. The van der Waals surface area contributed by atoms with E-state index in [1.165, 1.54) is 12.1 Å². The highest BCUT2D eigenvalue weighted by Crippen LogP contribution is 2.26. The molecule has 0 aliphatic carbocycles. The third-order valence-electron chi connectivity index (χ3n) is 2.38. The highest BCUT2D eigenvalue weighted by atomic mass is 19.3. The zero-order chi connectivity index (χ0) is 14.4. The summed E-state index contributed by atoms with van der Waals surface area (Å²) < 4.78 is 29.0. The molecular formula is C14H17F2NO2. The fourth-order valence-corrected chi connectivity index (χ4v) is 1.64. The number of nitrogens with one attached hydrogen (secondary N) is 1. The van der Waals surface area contributed by atoms with Crippen LogP contribution in [0.25, 0.3) is 0 Å². The van der Waals surface area contributed by atoms with Gasteiger partial charge in [0.05, 0.1) is 6.04 Å². The van der Waals surface area contributed by atoms with E-state index in [9.17, 15) is 13.6 Å². The number of alkyl halides is 2. The lowest BCUT2D eigenvalue weighted by molar-refractivity contribution is -0.117. The zero-order valence-electron chi connectivity index (χ0n) is 11.1. The average molecular weight is 269 g/mol. The van der Waals surface area contributed by atoms with Gasteiger partial charge in [-0.3, -0.25) is 4.79 Å². The lowest BCUT2D eigenvalue weighted by Crippen LogP contribution is -2.25. The van der Waals surface area contributed by atoms with Gasteiger partial charge in [0.1, 0.15) is 5.75 Å². The number of ether oxygens (including phenoxy) is 1. The van der Waals surface area contributed by atoms with E-state index in [0.717, 1.165) is 5.57 Å². The Kier molecular flexibility index (Phi) is 5.48. The molecule has 0 heterocycles. The number of benzene rings is 1. The summed E-state index contributed by atoms with van der Waals surface area (Å²) in [5.41, 5.74) is 1.38. The number of para-hydroxylation sites is 1. The molecule has 0 saturated carbocycles. The predicted octanol–water partition coefficient (Wildman–Crippen LogP) is 3.43. The van der Waals surface area contributed by atoms with Crippen LogP contribution in [0.5, 0.6) is 5.75 Å². The van der Waals surface area contributed by atoms with Gasteiger partial charge in [-0.1, -0.05) is 23.8 Å². The topological polar surface area (TPSA) is 38.3 Å². The fourth-order valence-electron chi connectivity index (χ4n) is 1.64. The molecule has 1 aromatic carbocycles. The Hall–Kier alpha value is -1.91. The van der Waals surface area contributed by atoms with Crippen molar-refractivity contribution in [3.63, 3.8) is 0 Å². The first kappa shape index (κ1) is 15.1. The molecule has 0 radical (unpaired) electrons. The van der Waals surface area contributed by atoms with E-state index in [-0.39, 0.29) is 11.7 Å². The Morgan fingerprint density at radius 3 is 2.53 bits per heavy atom. The maximum atomic E-state index is 12.3. The molecule has 0 aromatic heterocycles. The van der Waals surface area contributed by atoms with Crippen LogP contribution in [0.3, 0.4) is 0 Å². The van der Waals surface area contributed by atoms with Gasteiger partial charge in [-0.25, -0.2) is 0 Å². The lowest BCUT2D eigenvalue weighted by atomic mass is 10.1. The highest BCUT2D eigenvalue weighted by molar-refractivity contribution is 5.88. The molecule has 0 spiro atoms. The van der Waals surface area contributed by atoms with Gasteiger partial charge in [0.25, 0.3) is 0 Å². The standard InChI is InChI=1S/C14H17F2NO2/c1-9(2)8-13(18)17-10(3)11-6-4-5-7-12(11)19-14(15)16/h4-8,10,14H,1-3H3,(H,17,18). The van der Waals surface area contributed by atoms with E-state index in [4.69, 9.17) is 0 Å². The summed E-state index contributed by atoms with van der Waals surface area (Å²) in [5, 5.41) is 2.70. The van der Waals surface area contributed by atoms with Crippen LogP contribution in [0, 0.1) is 0 Å². The maximum absolute atomic E-state index is 12.3. The molecule has 1 N–H and O–H groups in total. The van der Waals surface area contributed by atoms with Crippen molar-refractivity contribution in [3.8, 4) is 5.75 Å². The van der Waals surface area contributed by atoms with Crippen molar-refractivity contribution >= 4 is 5.91 Å². The summed E-state index contributed by atoms with van der Waals surface area (Å²) >= 11 is 0. The van der Waals surface area contributed by atoms with Crippen molar-refractivity contribution in [2.45, 2.75) is 33.4 Å². The van der Waals surface area contributed by atoms with Crippen LogP contribution in [0.2, 0.25) is 0 Å². The molecule has 19 heavy (non-hydrogen) atoms. The molecule has 104 valence electrons.